The van der Waals surface area contributed by atoms with Gasteiger partial charge in [-0.15, -0.1) is 0 Å². The highest BCUT2D eigenvalue weighted by molar-refractivity contribution is 5.75. The van der Waals surface area contributed by atoms with E-state index in [4.69, 9.17) is 14.5 Å². The lowest BCUT2D eigenvalue weighted by Gasteiger charge is -2.59. The number of hydrogen-bond acceptors (Lipinski definition) is 5. The van der Waals surface area contributed by atoms with Gasteiger partial charge in [0.2, 0.25) is 0 Å². The van der Waals surface area contributed by atoms with Crippen molar-refractivity contribution < 1.29 is 14.0 Å². The second kappa shape index (κ2) is 8.72. The van der Waals surface area contributed by atoms with Crippen molar-refractivity contribution in [3.8, 4) is 5.75 Å². The zero-order valence-corrected chi connectivity index (χ0v) is 27.0. The summed E-state index contributed by atoms with van der Waals surface area (Å²) in [5.41, 5.74) is 12.6. The molecular weight excluding hydrogens is 568 g/mol. The molecule has 2 aromatic carbocycles. The van der Waals surface area contributed by atoms with Crippen LogP contribution < -0.4 is 20.2 Å². The van der Waals surface area contributed by atoms with E-state index < -0.39 is 0 Å². The maximum absolute atomic E-state index is 7.10. The number of ether oxygens (including phenoxy) is 2. The van der Waals surface area contributed by atoms with Gasteiger partial charge in [-0.05, 0) is 70.9 Å². The molecule has 9 aliphatic rings. The van der Waals surface area contributed by atoms with Gasteiger partial charge in [0.1, 0.15) is 18.3 Å². The van der Waals surface area contributed by atoms with Crippen LogP contribution in [0.4, 0.5) is 5.69 Å². The average Bonchev–Trinajstić information content (AvgIpc) is 3.68. The quantitative estimate of drug-likeness (QED) is 0.369. The molecule has 7 atom stereocenters. The lowest BCUT2D eigenvalue weighted by atomic mass is 9.53. The van der Waals surface area contributed by atoms with Crippen LogP contribution in [0.5, 0.6) is 5.75 Å². The van der Waals surface area contributed by atoms with Crippen LogP contribution in [-0.4, -0.2) is 68.0 Å². The van der Waals surface area contributed by atoms with E-state index in [0.717, 1.165) is 36.2 Å². The normalized spacial score (nSPS) is 36.8. The molecule has 0 N–H and O–H groups in total. The Bertz CT molecular complexity index is 2070. The summed E-state index contributed by atoms with van der Waals surface area (Å²) < 4.78 is 14.1. The van der Waals surface area contributed by atoms with E-state index >= 15 is 0 Å². The number of allylic oxidation sites excluding steroid dienone is 3. The van der Waals surface area contributed by atoms with E-state index in [0.29, 0.717) is 30.5 Å². The Labute approximate surface area is 270 Å². The number of quaternary nitrogens is 1. The van der Waals surface area contributed by atoms with E-state index in [1.165, 1.54) is 69.3 Å². The van der Waals surface area contributed by atoms with Crippen molar-refractivity contribution in [3.63, 3.8) is 0 Å². The molecule has 0 radical (unpaired) electrons. The number of rotatable bonds is 3. The Morgan fingerprint density at radius 1 is 1.13 bits per heavy atom. The molecule has 11 rings (SSSR count). The molecule has 2 aromatic rings. The summed E-state index contributed by atoms with van der Waals surface area (Å²) in [5.74, 6) is 1.95. The van der Waals surface area contributed by atoms with Gasteiger partial charge in [-0.25, -0.2) is 4.99 Å². The van der Waals surface area contributed by atoms with Gasteiger partial charge in [-0.3, -0.25) is 0 Å². The molecule has 8 aliphatic heterocycles. The zero-order valence-electron chi connectivity index (χ0n) is 27.0. The number of piperidine rings is 1. The second-order valence-electron chi connectivity index (χ2n) is 15.3. The summed E-state index contributed by atoms with van der Waals surface area (Å²) >= 11 is 0. The van der Waals surface area contributed by atoms with Gasteiger partial charge in [-0.2, -0.15) is 0 Å². The van der Waals surface area contributed by atoms with Crippen LogP contribution in [0, 0.1) is 11.8 Å². The summed E-state index contributed by atoms with van der Waals surface area (Å²) in [4.78, 5) is 10.4. The van der Waals surface area contributed by atoms with Crippen LogP contribution in [-0.2, 0) is 10.2 Å². The minimum absolute atomic E-state index is 0.0767. The molecule has 1 spiro atoms. The van der Waals surface area contributed by atoms with Gasteiger partial charge in [0.05, 0.1) is 61.6 Å². The molecular formula is C40H41N4O2+. The van der Waals surface area contributed by atoms with Crippen molar-refractivity contribution in [1.82, 2.24) is 4.90 Å². The van der Waals surface area contributed by atoms with E-state index in [9.17, 15) is 0 Å². The topological polar surface area (TPSA) is 37.3 Å². The lowest BCUT2D eigenvalue weighted by molar-refractivity contribution is -0.925. The summed E-state index contributed by atoms with van der Waals surface area (Å²) in [5, 5.41) is 2.20. The molecule has 6 nitrogen and oxygen atoms in total. The average molecular weight is 610 g/mol. The third-order valence-corrected chi connectivity index (χ3v) is 13.6. The number of hydrogen-bond donors (Lipinski definition) is 0. The van der Waals surface area contributed by atoms with Crippen molar-refractivity contribution in [3.05, 3.63) is 117 Å². The summed E-state index contributed by atoms with van der Waals surface area (Å²) in [6.07, 6.45) is 14.5. The van der Waals surface area contributed by atoms with E-state index in [1.54, 1.807) is 18.2 Å². The van der Waals surface area contributed by atoms with Crippen molar-refractivity contribution in [2.75, 3.05) is 45.3 Å². The number of benzene rings is 2. The van der Waals surface area contributed by atoms with E-state index in [1.807, 2.05) is 0 Å². The summed E-state index contributed by atoms with van der Waals surface area (Å²) in [6.45, 7) is 6.44. The van der Waals surface area contributed by atoms with Crippen LogP contribution in [0.1, 0.15) is 38.2 Å². The number of methoxy groups -OCH3 is 1. The van der Waals surface area contributed by atoms with Crippen LogP contribution >= 0.6 is 0 Å². The first-order chi connectivity index (χ1) is 22.5. The van der Waals surface area contributed by atoms with Gasteiger partial charge in [-0.1, -0.05) is 37.3 Å². The van der Waals surface area contributed by atoms with Crippen molar-refractivity contribution in [2.24, 2.45) is 16.8 Å². The SMILES string of the molecule is CCC1=CN2CCC3=c4c(OC)cccc4=NC3=C2C=C1C1=CN2c3ccccc3[C@@]34CC[N@@+]5(C)CC6=CCO[C@@H]1[C@@H]([C@H]23)[C@H]6C[C@@H]45. The number of anilines is 1. The van der Waals surface area contributed by atoms with Crippen molar-refractivity contribution >= 4 is 11.3 Å². The molecule has 1 aliphatic carbocycles. The standard InChI is InChI=1S/C40H41N4O2/c1-4-23-20-42-15-12-25-35-30(9-7-11-33(35)45-3)41-37(25)32(42)18-26(23)28-21-43-31-10-6-5-8-29(31)40-14-16-44(2)22-24-13-17-46-38(28)36(39(40)43)27(24)19-34(40)44/h5-11,13,18,20-21,27,34,36,38-39H,4,12,14-17,19,22H2,1-3H3/q+1/t27-,34-,36-,38-,39-,40+,44-/m0/s1. The third-order valence-electron chi connectivity index (χ3n) is 13.6. The molecule has 0 amide bonds. The van der Waals surface area contributed by atoms with Crippen LogP contribution in [0.25, 0.3) is 5.57 Å². The Kier molecular flexibility index (Phi) is 4.97. The van der Waals surface area contributed by atoms with Gasteiger partial charge in [0, 0.05) is 54.2 Å². The minimum atomic E-state index is 0.0767. The summed E-state index contributed by atoms with van der Waals surface area (Å²) in [7, 11) is 4.32. The highest BCUT2D eigenvalue weighted by atomic mass is 16.5. The van der Waals surface area contributed by atoms with Crippen molar-refractivity contribution in [1.29, 1.82) is 0 Å². The highest BCUT2D eigenvalue weighted by Gasteiger charge is 2.74. The predicted octanol–water partition coefficient (Wildman–Crippen LogP) is 4.85. The van der Waals surface area contributed by atoms with Gasteiger partial charge >= 0.3 is 0 Å². The van der Waals surface area contributed by atoms with E-state index in [-0.39, 0.29) is 11.5 Å². The third kappa shape index (κ3) is 2.96. The number of para-hydroxylation sites is 1. The molecule has 3 fully saturated rings. The predicted molar refractivity (Wildman–Crippen MR) is 178 cm³/mol. The van der Waals surface area contributed by atoms with E-state index in [2.05, 4.69) is 90.8 Å². The fraction of sp³-hybridized carbons (Fsp3) is 0.425. The first-order valence-electron chi connectivity index (χ1n) is 17.5. The monoisotopic (exact) mass is 609 g/mol. The highest BCUT2D eigenvalue weighted by Crippen LogP contribution is 2.67. The molecule has 1 saturated carbocycles. The molecule has 46 heavy (non-hydrogen) atoms. The second-order valence-corrected chi connectivity index (χ2v) is 15.3. The number of likely N-dealkylation sites (N-methyl/N-ethyl adjacent to an activating group) is 1. The Hall–Kier alpha value is -3.87. The Morgan fingerprint density at radius 3 is 2.93 bits per heavy atom. The molecule has 232 valence electrons. The maximum atomic E-state index is 7.10. The first-order valence-corrected chi connectivity index (χ1v) is 17.5. The molecule has 2 bridgehead atoms. The molecule has 8 heterocycles. The van der Waals surface area contributed by atoms with Crippen LogP contribution in [0.2, 0.25) is 0 Å². The molecule has 2 saturated heterocycles. The first kappa shape index (κ1) is 26.2. The van der Waals surface area contributed by atoms with Gasteiger partial charge in [0.15, 0.2) is 0 Å². The minimum Gasteiger partial charge on any atom is -0.496 e. The largest absolute Gasteiger partial charge is 0.496 e. The van der Waals surface area contributed by atoms with Crippen molar-refractivity contribution in [2.45, 2.75) is 56.2 Å². The fourth-order valence-corrected chi connectivity index (χ4v) is 11.9. The van der Waals surface area contributed by atoms with Crippen LogP contribution in [0.3, 0.4) is 0 Å². The zero-order chi connectivity index (χ0) is 30.5. The molecule has 0 unspecified atom stereocenters. The summed E-state index contributed by atoms with van der Waals surface area (Å²) in [6, 6.07) is 16.8. The lowest BCUT2D eigenvalue weighted by Crippen LogP contribution is -2.70. The Morgan fingerprint density at radius 2 is 2.04 bits per heavy atom. The van der Waals surface area contributed by atoms with Crippen LogP contribution in [0.15, 0.2) is 106 Å². The molecule has 6 heteroatoms. The number of nitrogens with zero attached hydrogens (tertiary/aromatic N) is 4. The van der Waals surface area contributed by atoms with Gasteiger partial charge in [0.25, 0.3) is 0 Å². The Balaban J connectivity index is 1.14. The molecule has 0 aromatic heterocycles. The fourth-order valence-electron chi connectivity index (χ4n) is 11.9. The van der Waals surface area contributed by atoms with Gasteiger partial charge < -0.3 is 23.8 Å². The smallest absolute Gasteiger partial charge is 0.128 e. The maximum Gasteiger partial charge on any atom is 0.128 e. The number of fused-ring (bicyclic) bond motifs is 5.